The highest BCUT2D eigenvalue weighted by atomic mass is 35.5. The first kappa shape index (κ1) is 24.7. The van der Waals surface area contributed by atoms with E-state index in [2.05, 4.69) is 5.32 Å². The van der Waals surface area contributed by atoms with Crippen LogP contribution in [0.1, 0.15) is 46.6 Å². The zero-order chi connectivity index (χ0) is 24.6. The number of aryl methyl sites for hydroxylation is 2. The summed E-state index contributed by atoms with van der Waals surface area (Å²) in [5, 5.41) is 3.64. The normalized spacial score (nSPS) is 11.0. The van der Waals surface area contributed by atoms with Crippen LogP contribution in [0.4, 0.5) is 0 Å². The Morgan fingerprint density at radius 2 is 1.66 bits per heavy atom. The van der Waals surface area contributed by atoms with E-state index < -0.39 is 0 Å². The average molecular weight is 488 g/mol. The fourth-order valence-electron chi connectivity index (χ4n) is 4.22. The molecule has 0 atom stereocenters. The summed E-state index contributed by atoms with van der Waals surface area (Å²) in [7, 11) is 0. The van der Waals surface area contributed by atoms with Crippen LogP contribution in [0, 0.1) is 6.92 Å². The highest BCUT2D eigenvalue weighted by molar-refractivity contribution is 6.30. The molecule has 0 unspecified atom stereocenters. The van der Waals surface area contributed by atoms with Crippen molar-refractivity contribution in [2.45, 2.75) is 45.6 Å². The molecule has 0 saturated carbocycles. The second-order valence-electron chi connectivity index (χ2n) is 8.80. The molecule has 1 heterocycles. The number of ketones is 1. The standard InChI is InChI=1S/C29H30ClN3O2/c1-21-9-4-5-10-23(21)19-29(35)31-18-8-2-3-13-28-32-25-11-6-7-12-26(25)33(28)20-27(34)22-14-16-24(30)17-15-22/h4-7,9-12,14-17H,2-3,8,13,18-20H2,1H3,(H,31,35). The monoisotopic (exact) mass is 487 g/mol. The van der Waals surface area contributed by atoms with Crippen LogP contribution in [0.15, 0.2) is 72.8 Å². The van der Waals surface area contributed by atoms with Crippen molar-refractivity contribution in [1.29, 1.82) is 0 Å². The Morgan fingerprint density at radius 3 is 2.46 bits per heavy atom. The number of hydrogen-bond acceptors (Lipinski definition) is 3. The molecule has 0 aliphatic heterocycles. The number of carbonyl (C=O) groups excluding carboxylic acids is 2. The van der Waals surface area contributed by atoms with Crippen molar-refractivity contribution >= 4 is 34.3 Å². The predicted molar refractivity (Wildman–Crippen MR) is 141 cm³/mol. The Balaban J connectivity index is 1.29. The van der Waals surface area contributed by atoms with Crippen LogP contribution in [0.2, 0.25) is 5.02 Å². The molecule has 4 aromatic rings. The van der Waals surface area contributed by atoms with Gasteiger partial charge >= 0.3 is 0 Å². The molecule has 0 aliphatic rings. The van der Waals surface area contributed by atoms with Crippen LogP contribution >= 0.6 is 11.6 Å². The van der Waals surface area contributed by atoms with E-state index in [0.29, 0.717) is 23.6 Å². The summed E-state index contributed by atoms with van der Waals surface area (Å²) < 4.78 is 2.02. The Morgan fingerprint density at radius 1 is 0.914 bits per heavy atom. The van der Waals surface area contributed by atoms with Crippen molar-refractivity contribution in [3.8, 4) is 0 Å². The maximum absolute atomic E-state index is 12.9. The summed E-state index contributed by atoms with van der Waals surface area (Å²) in [6, 6.07) is 22.9. The number of nitrogens with zero attached hydrogens (tertiary/aromatic N) is 2. The highest BCUT2D eigenvalue weighted by Crippen LogP contribution is 2.19. The molecule has 0 radical (unpaired) electrons. The summed E-state index contributed by atoms with van der Waals surface area (Å²) >= 11 is 5.97. The summed E-state index contributed by atoms with van der Waals surface area (Å²) in [4.78, 5) is 30.0. The average Bonchev–Trinajstić information content (AvgIpc) is 3.20. The number of imidazole rings is 1. The first-order valence-corrected chi connectivity index (χ1v) is 12.4. The van der Waals surface area contributed by atoms with Gasteiger partial charge in [-0.2, -0.15) is 0 Å². The van der Waals surface area contributed by atoms with Crippen molar-refractivity contribution in [2.75, 3.05) is 6.54 Å². The smallest absolute Gasteiger partial charge is 0.224 e. The molecule has 5 nitrogen and oxygen atoms in total. The molecular formula is C29H30ClN3O2. The molecule has 35 heavy (non-hydrogen) atoms. The Hall–Kier alpha value is -3.44. The third-order valence-corrected chi connectivity index (χ3v) is 6.47. The van der Waals surface area contributed by atoms with Gasteiger partial charge in [0.2, 0.25) is 5.91 Å². The summed E-state index contributed by atoms with van der Waals surface area (Å²) in [5.41, 5.74) is 4.71. The second kappa shape index (κ2) is 11.8. The van der Waals surface area contributed by atoms with Gasteiger partial charge in [-0.3, -0.25) is 9.59 Å². The van der Waals surface area contributed by atoms with Crippen molar-refractivity contribution < 1.29 is 9.59 Å². The number of fused-ring (bicyclic) bond motifs is 1. The number of rotatable bonds is 11. The third-order valence-electron chi connectivity index (χ3n) is 6.21. The van der Waals surface area contributed by atoms with Crippen LogP contribution in [0.5, 0.6) is 0 Å². The van der Waals surface area contributed by atoms with Gasteiger partial charge in [0.05, 0.1) is 24.0 Å². The van der Waals surface area contributed by atoms with Gasteiger partial charge in [-0.1, -0.05) is 54.4 Å². The molecule has 1 N–H and O–H groups in total. The molecule has 0 bridgehead atoms. The molecule has 180 valence electrons. The fraction of sp³-hybridized carbons (Fsp3) is 0.276. The van der Waals surface area contributed by atoms with E-state index in [-0.39, 0.29) is 18.2 Å². The van der Waals surface area contributed by atoms with E-state index >= 15 is 0 Å². The number of Topliss-reactive ketones (excluding diaryl/α,β-unsaturated/α-hetero) is 1. The zero-order valence-electron chi connectivity index (χ0n) is 20.0. The van der Waals surface area contributed by atoms with E-state index in [1.165, 1.54) is 0 Å². The Bertz CT molecular complexity index is 1310. The van der Waals surface area contributed by atoms with Crippen molar-refractivity contribution in [1.82, 2.24) is 14.9 Å². The van der Waals surface area contributed by atoms with Gasteiger partial charge in [0.1, 0.15) is 5.82 Å². The number of amides is 1. The maximum atomic E-state index is 12.9. The minimum absolute atomic E-state index is 0.0300. The predicted octanol–water partition coefficient (Wildman–Crippen LogP) is 5.95. The highest BCUT2D eigenvalue weighted by Gasteiger charge is 2.15. The molecule has 0 spiro atoms. The van der Waals surface area contributed by atoms with Crippen molar-refractivity contribution in [3.63, 3.8) is 0 Å². The van der Waals surface area contributed by atoms with E-state index in [4.69, 9.17) is 16.6 Å². The summed E-state index contributed by atoms with van der Waals surface area (Å²) in [6.07, 6.45) is 4.01. The molecule has 0 saturated heterocycles. The Labute approximate surface area is 211 Å². The lowest BCUT2D eigenvalue weighted by Crippen LogP contribution is -2.26. The van der Waals surface area contributed by atoms with Crippen LogP contribution in [-0.2, 0) is 24.2 Å². The number of aromatic nitrogens is 2. The minimum atomic E-state index is 0.0300. The lowest BCUT2D eigenvalue weighted by atomic mass is 10.1. The Kier molecular flexibility index (Phi) is 8.32. The van der Waals surface area contributed by atoms with E-state index in [1.807, 2.05) is 60.0 Å². The fourth-order valence-corrected chi connectivity index (χ4v) is 4.35. The van der Waals surface area contributed by atoms with Gasteiger partial charge in [-0.25, -0.2) is 4.98 Å². The lowest BCUT2D eigenvalue weighted by Gasteiger charge is -2.10. The number of carbonyl (C=O) groups is 2. The largest absolute Gasteiger partial charge is 0.356 e. The maximum Gasteiger partial charge on any atom is 0.224 e. The zero-order valence-corrected chi connectivity index (χ0v) is 20.7. The van der Waals surface area contributed by atoms with E-state index in [0.717, 1.165) is 53.7 Å². The molecule has 6 heteroatoms. The minimum Gasteiger partial charge on any atom is -0.356 e. The lowest BCUT2D eigenvalue weighted by molar-refractivity contribution is -0.120. The van der Waals surface area contributed by atoms with Crippen LogP contribution < -0.4 is 5.32 Å². The van der Waals surface area contributed by atoms with Crippen LogP contribution in [0.3, 0.4) is 0 Å². The van der Waals surface area contributed by atoms with Gasteiger partial charge in [-0.05, 0) is 67.3 Å². The van der Waals surface area contributed by atoms with E-state index in [9.17, 15) is 9.59 Å². The molecular weight excluding hydrogens is 458 g/mol. The molecule has 4 rings (SSSR count). The summed E-state index contributed by atoms with van der Waals surface area (Å²) in [5.74, 6) is 1.00. The SMILES string of the molecule is Cc1ccccc1CC(=O)NCCCCCc1nc2ccccc2n1CC(=O)c1ccc(Cl)cc1. The van der Waals surface area contributed by atoms with Gasteiger partial charge in [0.15, 0.2) is 5.78 Å². The molecule has 0 fully saturated rings. The molecule has 0 aliphatic carbocycles. The number of unbranched alkanes of at least 4 members (excludes halogenated alkanes) is 2. The molecule has 3 aromatic carbocycles. The molecule has 1 aromatic heterocycles. The quantitative estimate of drug-likeness (QED) is 0.210. The van der Waals surface area contributed by atoms with Crippen LogP contribution in [0.25, 0.3) is 11.0 Å². The topological polar surface area (TPSA) is 64.0 Å². The summed E-state index contributed by atoms with van der Waals surface area (Å²) in [6.45, 7) is 2.93. The van der Waals surface area contributed by atoms with Gasteiger partial charge in [-0.15, -0.1) is 0 Å². The number of para-hydroxylation sites is 2. The van der Waals surface area contributed by atoms with Crippen LogP contribution in [-0.4, -0.2) is 27.8 Å². The van der Waals surface area contributed by atoms with Gasteiger partial charge in [0, 0.05) is 23.6 Å². The van der Waals surface area contributed by atoms with Gasteiger partial charge in [0.25, 0.3) is 0 Å². The number of halogens is 1. The van der Waals surface area contributed by atoms with Gasteiger partial charge < -0.3 is 9.88 Å². The van der Waals surface area contributed by atoms with Crippen molar-refractivity contribution in [2.24, 2.45) is 0 Å². The number of nitrogens with one attached hydrogen (secondary N) is 1. The first-order valence-electron chi connectivity index (χ1n) is 12.1. The second-order valence-corrected chi connectivity index (χ2v) is 9.23. The van der Waals surface area contributed by atoms with Crippen molar-refractivity contribution in [3.05, 3.63) is 100 Å². The number of hydrogen-bond donors (Lipinski definition) is 1. The first-order chi connectivity index (χ1) is 17.0. The van der Waals surface area contributed by atoms with E-state index in [1.54, 1.807) is 24.3 Å². The molecule has 1 amide bonds. The number of benzene rings is 3. The third kappa shape index (κ3) is 6.58.